The minimum atomic E-state index is -0.233. The minimum Gasteiger partial charge on any atom is -0.452 e. The van der Waals surface area contributed by atoms with Gasteiger partial charge in [0.25, 0.3) is 0 Å². The predicted molar refractivity (Wildman–Crippen MR) is 72.3 cm³/mol. The molecule has 0 unspecified atom stereocenters. The van der Waals surface area contributed by atoms with Crippen LogP contribution in [0.5, 0.6) is 0 Å². The van der Waals surface area contributed by atoms with Crippen LogP contribution in [-0.2, 0) is 22.4 Å². The van der Waals surface area contributed by atoms with Gasteiger partial charge in [-0.1, -0.05) is 37.1 Å². The summed E-state index contributed by atoms with van der Waals surface area (Å²) in [5, 5.41) is 0. The minimum absolute atomic E-state index is 0.175. The maximum absolute atomic E-state index is 11.3. The Morgan fingerprint density at radius 2 is 1.94 bits per heavy atom. The molecule has 0 fully saturated rings. The van der Waals surface area contributed by atoms with E-state index in [0.717, 1.165) is 12.0 Å². The van der Waals surface area contributed by atoms with Gasteiger partial charge in [0.15, 0.2) is 6.61 Å². The molecule has 0 aromatic heterocycles. The predicted octanol–water partition coefficient (Wildman–Crippen LogP) is 2.73. The van der Waals surface area contributed by atoms with Gasteiger partial charge < -0.3 is 4.74 Å². The molecule has 0 aliphatic rings. The third-order valence-electron chi connectivity index (χ3n) is 2.15. The molecule has 1 aromatic rings. The number of esters is 1. The number of rotatable bonds is 4. The Morgan fingerprint density at radius 3 is 2.50 bits per heavy atom. The quantitative estimate of drug-likeness (QED) is 0.483. The molecule has 3 heteroatoms. The second kappa shape index (κ2) is 7.29. The third-order valence-corrected chi connectivity index (χ3v) is 2.53. The first-order chi connectivity index (χ1) is 7.76. The van der Waals surface area contributed by atoms with Crippen molar-refractivity contribution < 1.29 is 9.53 Å². The van der Waals surface area contributed by atoms with E-state index in [1.165, 1.54) is 5.56 Å². The van der Waals surface area contributed by atoms with E-state index in [1.54, 1.807) is 0 Å². The molecule has 0 aliphatic heterocycles. The van der Waals surface area contributed by atoms with Gasteiger partial charge in [-0.3, -0.25) is 4.79 Å². The number of carbonyl (C=O) groups is 1. The molecule has 0 atom stereocenters. The van der Waals surface area contributed by atoms with Crippen LogP contribution in [0.1, 0.15) is 18.1 Å². The number of ether oxygens (including phenoxy) is 1. The highest BCUT2D eigenvalue weighted by atomic mass is 127. The Kier molecular flexibility index (Phi) is 5.94. The van der Waals surface area contributed by atoms with E-state index < -0.39 is 0 Å². The van der Waals surface area contributed by atoms with Crippen molar-refractivity contribution >= 4 is 28.6 Å². The largest absolute Gasteiger partial charge is 0.452 e. The highest BCUT2D eigenvalue weighted by molar-refractivity contribution is 14.1. The van der Waals surface area contributed by atoms with Gasteiger partial charge in [-0.15, -0.1) is 0 Å². The molecule has 0 heterocycles. The zero-order valence-corrected chi connectivity index (χ0v) is 11.3. The van der Waals surface area contributed by atoms with Crippen LogP contribution in [0.2, 0.25) is 0 Å². The normalized spacial score (nSPS) is 9.12. The number of halogens is 1. The van der Waals surface area contributed by atoms with E-state index in [2.05, 4.69) is 16.8 Å². The molecule has 0 amide bonds. The lowest BCUT2D eigenvalue weighted by molar-refractivity contribution is -0.141. The number of carbonyl (C=O) groups excluding carboxylic acids is 1. The number of aryl methyl sites for hydroxylation is 1. The van der Waals surface area contributed by atoms with E-state index in [0.29, 0.717) is 6.42 Å². The monoisotopic (exact) mass is 328 g/mol. The fourth-order valence-electron chi connectivity index (χ4n) is 1.25. The van der Waals surface area contributed by atoms with Crippen LogP contribution in [0.3, 0.4) is 0 Å². The average Bonchev–Trinajstić information content (AvgIpc) is 2.30. The Balaban J connectivity index is 2.45. The third kappa shape index (κ3) is 4.67. The number of hydrogen-bond donors (Lipinski definition) is 0. The average molecular weight is 328 g/mol. The van der Waals surface area contributed by atoms with E-state index >= 15 is 0 Å². The maximum Gasteiger partial charge on any atom is 0.311 e. The fourth-order valence-corrected chi connectivity index (χ4v) is 1.41. The van der Waals surface area contributed by atoms with E-state index in [4.69, 9.17) is 4.74 Å². The van der Waals surface area contributed by atoms with Crippen molar-refractivity contribution in [2.45, 2.75) is 19.8 Å². The highest BCUT2D eigenvalue weighted by Gasteiger charge is 2.03. The molecule has 16 heavy (non-hydrogen) atoms. The van der Waals surface area contributed by atoms with Crippen LogP contribution in [0.25, 0.3) is 0 Å². The molecule has 0 aliphatic carbocycles. The van der Waals surface area contributed by atoms with Crippen LogP contribution < -0.4 is 0 Å². The summed E-state index contributed by atoms with van der Waals surface area (Å²) in [7, 11) is 0. The lowest BCUT2D eigenvalue weighted by atomic mass is 10.1. The molecule has 84 valence electrons. The molecule has 0 saturated heterocycles. The summed E-state index contributed by atoms with van der Waals surface area (Å²) in [5.74, 6) is 2.44. The van der Waals surface area contributed by atoms with Gasteiger partial charge in [0.2, 0.25) is 0 Å². The zero-order chi connectivity index (χ0) is 11.8. The van der Waals surface area contributed by atoms with Crippen LogP contribution in [0, 0.1) is 9.85 Å². The van der Waals surface area contributed by atoms with E-state index in [1.807, 2.05) is 46.9 Å². The van der Waals surface area contributed by atoms with Crippen molar-refractivity contribution in [2.75, 3.05) is 6.61 Å². The SMILES string of the molecule is CCc1ccc(CC(=O)OCC#CI)cc1. The van der Waals surface area contributed by atoms with Crippen molar-refractivity contribution in [3.05, 3.63) is 35.4 Å². The topological polar surface area (TPSA) is 26.3 Å². The van der Waals surface area contributed by atoms with Gasteiger partial charge in [0, 0.05) is 22.6 Å². The Hall–Kier alpha value is -1.02. The molecule has 0 N–H and O–H groups in total. The number of benzene rings is 1. The Bertz CT molecular complexity index is 398. The number of hydrogen-bond acceptors (Lipinski definition) is 2. The summed E-state index contributed by atoms with van der Waals surface area (Å²) < 4.78 is 7.57. The van der Waals surface area contributed by atoms with Crippen molar-refractivity contribution in [1.29, 1.82) is 0 Å². The van der Waals surface area contributed by atoms with E-state index in [9.17, 15) is 4.79 Å². The second-order valence-electron chi connectivity index (χ2n) is 3.28. The van der Waals surface area contributed by atoms with E-state index in [-0.39, 0.29) is 12.6 Å². The molecule has 0 radical (unpaired) electrons. The molecule has 0 bridgehead atoms. The molecule has 0 saturated carbocycles. The van der Waals surface area contributed by atoms with Gasteiger partial charge in [-0.05, 0) is 21.5 Å². The standard InChI is InChI=1S/C13H13IO2/c1-2-11-4-6-12(7-5-11)10-13(15)16-9-3-8-14/h4-7H,2,9-10H2,1H3. The highest BCUT2D eigenvalue weighted by Crippen LogP contribution is 2.06. The first kappa shape index (κ1) is 13.0. The molecule has 1 rings (SSSR count). The lowest BCUT2D eigenvalue weighted by Crippen LogP contribution is -2.08. The molecule has 1 aromatic carbocycles. The summed E-state index contributed by atoms with van der Waals surface area (Å²) in [6, 6.07) is 7.99. The fraction of sp³-hybridized carbons (Fsp3) is 0.308. The zero-order valence-electron chi connectivity index (χ0n) is 9.13. The van der Waals surface area contributed by atoms with Crippen LogP contribution >= 0.6 is 22.6 Å². The van der Waals surface area contributed by atoms with Gasteiger partial charge in [0.05, 0.1) is 6.42 Å². The second-order valence-corrected chi connectivity index (χ2v) is 3.82. The van der Waals surface area contributed by atoms with Gasteiger partial charge in [-0.2, -0.15) is 0 Å². The van der Waals surface area contributed by atoms with Crippen molar-refractivity contribution in [1.82, 2.24) is 0 Å². The maximum atomic E-state index is 11.3. The van der Waals surface area contributed by atoms with Gasteiger partial charge in [0.1, 0.15) is 0 Å². The molecular formula is C13H13IO2. The summed E-state index contributed by atoms with van der Waals surface area (Å²) in [4.78, 5) is 11.3. The summed E-state index contributed by atoms with van der Waals surface area (Å²) in [5.41, 5.74) is 2.25. The summed E-state index contributed by atoms with van der Waals surface area (Å²) in [6.07, 6.45) is 1.32. The molecule has 2 nitrogen and oxygen atoms in total. The first-order valence-electron chi connectivity index (χ1n) is 5.08. The van der Waals surface area contributed by atoms with Gasteiger partial charge in [-0.25, -0.2) is 0 Å². The lowest BCUT2D eigenvalue weighted by Gasteiger charge is -2.02. The van der Waals surface area contributed by atoms with Crippen LogP contribution in [-0.4, -0.2) is 12.6 Å². The Morgan fingerprint density at radius 1 is 1.31 bits per heavy atom. The summed E-state index contributed by atoms with van der Waals surface area (Å²) in [6.45, 7) is 2.28. The van der Waals surface area contributed by atoms with Gasteiger partial charge >= 0.3 is 5.97 Å². The smallest absolute Gasteiger partial charge is 0.311 e. The molecule has 0 spiro atoms. The van der Waals surface area contributed by atoms with Crippen molar-refractivity contribution in [3.8, 4) is 9.85 Å². The first-order valence-corrected chi connectivity index (χ1v) is 6.16. The van der Waals surface area contributed by atoms with Crippen molar-refractivity contribution in [3.63, 3.8) is 0 Å². The molecular weight excluding hydrogens is 315 g/mol. The van der Waals surface area contributed by atoms with Crippen LogP contribution in [0.15, 0.2) is 24.3 Å². The summed E-state index contributed by atoms with van der Waals surface area (Å²) >= 11 is 1.91. The Labute approximate surface area is 110 Å². The van der Waals surface area contributed by atoms with Crippen LogP contribution in [0.4, 0.5) is 0 Å². The van der Waals surface area contributed by atoms with Crippen molar-refractivity contribution in [2.24, 2.45) is 0 Å².